The van der Waals surface area contributed by atoms with Crippen LogP contribution >= 0.6 is 0 Å². The van der Waals surface area contributed by atoms with Crippen LogP contribution in [0, 0.1) is 0 Å². The summed E-state index contributed by atoms with van der Waals surface area (Å²) < 4.78 is 2.40. The number of para-hydroxylation sites is 1. The Morgan fingerprint density at radius 3 is 3.05 bits per heavy atom. The molecule has 2 aromatic heterocycles. The number of hydrogen-bond acceptors (Lipinski definition) is 1. The van der Waals surface area contributed by atoms with Crippen molar-refractivity contribution in [1.29, 1.82) is 0 Å². The summed E-state index contributed by atoms with van der Waals surface area (Å²) in [5.41, 5.74) is 6.52. The molecule has 102 valence electrons. The zero-order valence-electron chi connectivity index (χ0n) is 12.0. The average molecular weight is 272 g/mol. The second-order valence-corrected chi connectivity index (χ2v) is 6.37. The molecule has 0 saturated heterocycles. The first-order valence-electron chi connectivity index (χ1n) is 7.51. The first-order valence-corrected chi connectivity index (χ1v) is 7.51. The van der Waals surface area contributed by atoms with Crippen LogP contribution in [0.25, 0.3) is 17.0 Å². The van der Waals surface area contributed by atoms with Crippen molar-refractivity contribution in [1.82, 2.24) is 9.55 Å². The SMILES string of the molecule is C[C@]12CC=Cc3ccn(c31)Cc1cc3ccccc3nc12. The molecule has 2 aliphatic rings. The Kier molecular flexibility index (Phi) is 1.96. The van der Waals surface area contributed by atoms with Crippen LogP contribution in [-0.4, -0.2) is 9.55 Å². The van der Waals surface area contributed by atoms with Crippen LogP contribution in [0.2, 0.25) is 0 Å². The molecule has 0 spiro atoms. The Hall–Kier alpha value is -2.35. The standard InChI is InChI=1S/C19H16N2/c1-19-9-4-6-13-8-10-21(18(13)19)12-15-11-14-5-2-3-7-16(14)20-17(15)19/h2-8,10-11H,9,12H2,1H3/t19-/m1/s1. The van der Waals surface area contributed by atoms with Crippen LogP contribution < -0.4 is 0 Å². The lowest BCUT2D eigenvalue weighted by molar-refractivity contribution is 0.475. The molecule has 1 atom stereocenters. The fourth-order valence-electron chi connectivity index (χ4n) is 4.06. The maximum absolute atomic E-state index is 5.05. The zero-order valence-corrected chi connectivity index (χ0v) is 12.0. The molecule has 0 bridgehead atoms. The minimum atomic E-state index is 0.00516. The summed E-state index contributed by atoms with van der Waals surface area (Å²) in [6, 6.07) is 13.0. The Bertz CT molecular complexity index is 916. The molecule has 0 fully saturated rings. The van der Waals surface area contributed by atoms with Crippen molar-refractivity contribution in [2.45, 2.75) is 25.3 Å². The largest absolute Gasteiger partial charge is 0.345 e. The van der Waals surface area contributed by atoms with Gasteiger partial charge in [-0.25, -0.2) is 0 Å². The Morgan fingerprint density at radius 1 is 1.19 bits per heavy atom. The molecule has 21 heavy (non-hydrogen) atoms. The second-order valence-electron chi connectivity index (χ2n) is 6.37. The van der Waals surface area contributed by atoms with Crippen LogP contribution in [0.3, 0.4) is 0 Å². The van der Waals surface area contributed by atoms with E-state index in [1.807, 2.05) is 0 Å². The highest BCUT2D eigenvalue weighted by molar-refractivity contribution is 5.80. The molecule has 0 radical (unpaired) electrons. The zero-order chi connectivity index (χ0) is 14.0. The number of fused-ring (bicyclic) bond motifs is 3. The normalized spacial score (nSPS) is 22.1. The minimum Gasteiger partial charge on any atom is -0.345 e. The molecule has 5 rings (SSSR count). The molecule has 0 unspecified atom stereocenters. The van der Waals surface area contributed by atoms with E-state index in [0.717, 1.165) is 18.5 Å². The summed E-state index contributed by atoms with van der Waals surface area (Å²) in [6.07, 6.45) is 7.79. The lowest BCUT2D eigenvalue weighted by Gasteiger charge is -2.38. The van der Waals surface area contributed by atoms with Crippen LogP contribution in [0.4, 0.5) is 0 Å². The highest BCUT2D eigenvalue weighted by Crippen LogP contribution is 2.45. The first kappa shape index (κ1) is 11.3. The van der Waals surface area contributed by atoms with Crippen molar-refractivity contribution in [3.8, 4) is 0 Å². The lowest BCUT2D eigenvalue weighted by Crippen LogP contribution is -2.35. The maximum Gasteiger partial charge on any atom is 0.0705 e. The minimum absolute atomic E-state index is 0.00516. The van der Waals surface area contributed by atoms with Gasteiger partial charge in [0.15, 0.2) is 0 Å². The molecule has 1 aliphatic carbocycles. The van der Waals surface area contributed by atoms with E-state index in [1.54, 1.807) is 0 Å². The number of aromatic nitrogens is 2. The molecular weight excluding hydrogens is 256 g/mol. The highest BCUT2D eigenvalue weighted by atomic mass is 15.0. The van der Waals surface area contributed by atoms with Gasteiger partial charge in [0.1, 0.15) is 0 Å². The molecule has 0 amide bonds. The third kappa shape index (κ3) is 1.35. The number of hydrogen-bond donors (Lipinski definition) is 0. The quantitative estimate of drug-likeness (QED) is 0.602. The number of nitrogens with zero attached hydrogens (tertiary/aromatic N) is 2. The number of allylic oxidation sites excluding steroid dienone is 1. The average Bonchev–Trinajstić information content (AvgIpc) is 2.91. The van der Waals surface area contributed by atoms with Crippen LogP contribution in [0.5, 0.6) is 0 Å². The number of rotatable bonds is 0. The fourth-order valence-corrected chi connectivity index (χ4v) is 4.06. The van der Waals surface area contributed by atoms with Crippen molar-refractivity contribution in [2.24, 2.45) is 0 Å². The van der Waals surface area contributed by atoms with Gasteiger partial charge >= 0.3 is 0 Å². The van der Waals surface area contributed by atoms with Gasteiger partial charge in [-0.2, -0.15) is 0 Å². The molecule has 3 aromatic rings. The summed E-state index contributed by atoms with van der Waals surface area (Å²) in [5, 5.41) is 1.24. The monoisotopic (exact) mass is 272 g/mol. The molecule has 3 heterocycles. The summed E-state index contributed by atoms with van der Waals surface area (Å²) in [7, 11) is 0. The maximum atomic E-state index is 5.05. The van der Waals surface area contributed by atoms with Crippen LogP contribution in [0.15, 0.2) is 48.7 Å². The van der Waals surface area contributed by atoms with Gasteiger partial charge in [-0.15, -0.1) is 0 Å². The summed E-state index contributed by atoms with van der Waals surface area (Å²) in [4.78, 5) is 5.05. The fraction of sp³-hybridized carbons (Fsp3) is 0.211. The molecule has 1 aliphatic heterocycles. The van der Waals surface area contributed by atoms with Gasteiger partial charge in [-0.1, -0.05) is 30.4 Å². The molecule has 0 saturated carbocycles. The predicted octanol–water partition coefficient (Wildman–Crippen LogP) is 4.12. The van der Waals surface area contributed by atoms with E-state index in [2.05, 4.69) is 66.2 Å². The molecule has 1 aromatic carbocycles. The summed E-state index contributed by atoms with van der Waals surface area (Å²) >= 11 is 0. The van der Waals surface area contributed by atoms with E-state index < -0.39 is 0 Å². The smallest absolute Gasteiger partial charge is 0.0705 e. The Labute approximate surface area is 123 Å². The van der Waals surface area contributed by atoms with Gasteiger partial charge in [0, 0.05) is 23.8 Å². The van der Waals surface area contributed by atoms with Gasteiger partial charge in [0.25, 0.3) is 0 Å². The van der Waals surface area contributed by atoms with E-state index in [4.69, 9.17) is 4.98 Å². The van der Waals surface area contributed by atoms with Gasteiger partial charge in [0.05, 0.1) is 16.6 Å². The molecular formula is C19H16N2. The van der Waals surface area contributed by atoms with Crippen LogP contribution in [0.1, 0.15) is 35.9 Å². The first-order chi connectivity index (χ1) is 10.3. The third-order valence-electron chi connectivity index (χ3n) is 5.01. The molecule has 0 N–H and O–H groups in total. The van der Waals surface area contributed by atoms with Crippen molar-refractivity contribution in [3.63, 3.8) is 0 Å². The summed E-state index contributed by atoms with van der Waals surface area (Å²) in [6.45, 7) is 3.28. The number of pyridine rings is 1. The Balaban J connectivity index is 1.87. The topological polar surface area (TPSA) is 17.8 Å². The molecule has 2 heteroatoms. The number of benzene rings is 1. The van der Waals surface area contributed by atoms with Gasteiger partial charge in [-0.3, -0.25) is 4.98 Å². The van der Waals surface area contributed by atoms with Crippen molar-refractivity contribution < 1.29 is 0 Å². The Morgan fingerprint density at radius 2 is 2.10 bits per heavy atom. The van der Waals surface area contributed by atoms with E-state index in [0.29, 0.717) is 0 Å². The van der Waals surface area contributed by atoms with Gasteiger partial charge < -0.3 is 4.57 Å². The van der Waals surface area contributed by atoms with Crippen molar-refractivity contribution in [3.05, 3.63) is 71.2 Å². The highest BCUT2D eigenvalue weighted by Gasteiger charge is 2.40. The van der Waals surface area contributed by atoms with Gasteiger partial charge in [0.2, 0.25) is 0 Å². The van der Waals surface area contributed by atoms with Crippen molar-refractivity contribution in [2.75, 3.05) is 0 Å². The van der Waals surface area contributed by atoms with E-state index in [1.165, 1.54) is 27.9 Å². The molecule has 2 nitrogen and oxygen atoms in total. The van der Waals surface area contributed by atoms with Crippen LogP contribution in [-0.2, 0) is 12.0 Å². The third-order valence-corrected chi connectivity index (χ3v) is 5.01. The lowest BCUT2D eigenvalue weighted by atomic mass is 9.72. The van der Waals surface area contributed by atoms with Gasteiger partial charge in [-0.05, 0) is 42.7 Å². The van der Waals surface area contributed by atoms with E-state index in [9.17, 15) is 0 Å². The second kappa shape index (κ2) is 3.64. The van der Waals surface area contributed by atoms with Crippen molar-refractivity contribution >= 4 is 17.0 Å². The predicted molar refractivity (Wildman–Crippen MR) is 85.4 cm³/mol. The van der Waals surface area contributed by atoms with E-state index in [-0.39, 0.29) is 5.41 Å². The van der Waals surface area contributed by atoms with E-state index >= 15 is 0 Å². The summed E-state index contributed by atoms with van der Waals surface area (Å²) in [5.74, 6) is 0.